The van der Waals surface area contributed by atoms with Gasteiger partial charge in [-0.2, -0.15) is 0 Å². The minimum Gasteiger partial charge on any atom is -0.372 e. The van der Waals surface area contributed by atoms with Crippen molar-refractivity contribution in [3.8, 4) is 0 Å². The highest BCUT2D eigenvalue weighted by Gasteiger charge is 2.30. The highest BCUT2D eigenvalue weighted by atomic mass is 16.2. The number of anilines is 1. The maximum absolute atomic E-state index is 13.3. The molecule has 3 heterocycles. The van der Waals surface area contributed by atoms with Crippen molar-refractivity contribution in [1.29, 1.82) is 0 Å². The SMILES string of the molecule is C[C@@H]1CN(C)c2ccccc2CN1C(=O)c1cnc2n1CCCC2. The molecule has 126 valence electrons. The third kappa shape index (κ3) is 2.48. The van der Waals surface area contributed by atoms with E-state index < -0.39 is 0 Å². The topological polar surface area (TPSA) is 41.4 Å². The van der Waals surface area contributed by atoms with E-state index in [0.29, 0.717) is 6.54 Å². The molecule has 0 aliphatic carbocycles. The number of amides is 1. The number of nitrogens with zero attached hydrogens (tertiary/aromatic N) is 4. The van der Waals surface area contributed by atoms with E-state index in [2.05, 4.69) is 46.6 Å². The van der Waals surface area contributed by atoms with E-state index in [4.69, 9.17) is 0 Å². The first-order valence-corrected chi connectivity index (χ1v) is 8.79. The van der Waals surface area contributed by atoms with Crippen LogP contribution >= 0.6 is 0 Å². The van der Waals surface area contributed by atoms with Crippen LogP contribution in [0.5, 0.6) is 0 Å². The maximum atomic E-state index is 13.3. The van der Waals surface area contributed by atoms with E-state index in [9.17, 15) is 4.79 Å². The summed E-state index contributed by atoms with van der Waals surface area (Å²) in [5.41, 5.74) is 3.17. The number of benzene rings is 1. The maximum Gasteiger partial charge on any atom is 0.272 e. The van der Waals surface area contributed by atoms with Crippen molar-refractivity contribution in [3.63, 3.8) is 0 Å². The molecule has 0 bridgehead atoms. The summed E-state index contributed by atoms with van der Waals surface area (Å²) in [6.07, 6.45) is 5.05. The lowest BCUT2D eigenvalue weighted by Crippen LogP contribution is -2.42. The van der Waals surface area contributed by atoms with E-state index in [1.807, 2.05) is 11.0 Å². The van der Waals surface area contributed by atoms with Crippen LogP contribution in [0, 0.1) is 0 Å². The molecule has 24 heavy (non-hydrogen) atoms. The van der Waals surface area contributed by atoms with Gasteiger partial charge in [0.1, 0.15) is 11.5 Å². The molecule has 0 spiro atoms. The molecule has 1 atom stereocenters. The van der Waals surface area contributed by atoms with Crippen molar-refractivity contribution < 1.29 is 4.79 Å². The fraction of sp³-hybridized carbons (Fsp3) is 0.474. The molecule has 2 aliphatic heterocycles. The Morgan fingerprint density at radius 1 is 1.25 bits per heavy atom. The molecule has 1 amide bonds. The highest BCUT2D eigenvalue weighted by Crippen LogP contribution is 2.27. The number of rotatable bonds is 1. The summed E-state index contributed by atoms with van der Waals surface area (Å²) in [4.78, 5) is 22.0. The van der Waals surface area contributed by atoms with E-state index in [1.54, 1.807) is 6.20 Å². The lowest BCUT2D eigenvalue weighted by atomic mass is 10.1. The van der Waals surface area contributed by atoms with Gasteiger partial charge in [-0.3, -0.25) is 4.79 Å². The molecule has 0 saturated heterocycles. The number of aromatic nitrogens is 2. The smallest absolute Gasteiger partial charge is 0.272 e. The van der Waals surface area contributed by atoms with Crippen LogP contribution in [-0.4, -0.2) is 40.0 Å². The normalized spacial score (nSPS) is 20.3. The Morgan fingerprint density at radius 2 is 2.08 bits per heavy atom. The van der Waals surface area contributed by atoms with Gasteiger partial charge in [0.05, 0.1) is 6.20 Å². The molecular weight excluding hydrogens is 300 g/mol. The van der Waals surface area contributed by atoms with Gasteiger partial charge in [0.2, 0.25) is 0 Å². The van der Waals surface area contributed by atoms with Gasteiger partial charge in [-0.15, -0.1) is 0 Å². The monoisotopic (exact) mass is 324 g/mol. The fourth-order valence-electron chi connectivity index (χ4n) is 3.96. The lowest BCUT2D eigenvalue weighted by Gasteiger charge is -2.29. The van der Waals surface area contributed by atoms with Gasteiger partial charge in [-0.05, 0) is 31.4 Å². The summed E-state index contributed by atoms with van der Waals surface area (Å²) in [6, 6.07) is 8.52. The third-order valence-corrected chi connectivity index (χ3v) is 5.26. The number of imidazole rings is 1. The van der Waals surface area contributed by atoms with Crippen LogP contribution in [0.2, 0.25) is 0 Å². The molecule has 4 rings (SSSR count). The number of hydrogen-bond acceptors (Lipinski definition) is 3. The second-order valence-electron chi connectivity index (χ2n) is 6.96. The fourth-order valence-corrected chi connectivity index (χ4v) is 3.96. The zero-order chi connectivity index (χ0) is 16.7. The quantitative estimate of drug-likeness (QED) is 0.810. The molecule has 2 aliphatic rings. The summed E-state index contributed by atoms with van der Waals surface area (Å²) >= 11 is 0. The van der Waals surface area contributed by atoms with Crippen molar-refractivity contribution in [1.82, 2.24) is 14.5 Å². The molecular formula is C19H24N4O. The number of carbonyl (C=O) groups is 1. The van der Waals surface area contributed by atoms with Crippen LogP contribution in [0.1, 0.15) is 41.6 Å². The molecule has 5 nitrogen and oxygen atoms in total. The zero-order valence-electron chi connectivity index (χ0n) is 14.4. The molecule has 1 aromatic carbocycles. The predicted octanol–water partition coefficient (Wildman–Crippen LogP) is 2.70. The second-order valence-corrected chi connectivity index (χ2v) is 6.96. The first-order valence-electron chi connectivity index (χ1n) is 8.79. The van der Waals surface area contributed by atoms with Crippen molar-refractivity contribution in [3.05, 3.63) is 47.5 Å². The molecule has 5 heteroatoms. The molecule has 0 fully saturated rings. The average molecular weight is 324 g/mol. The largest absolute Gasteiger partial charge is 0.372 e. The Kier molecular flexibility index (Phi) is 3.79. The van der Waals surface area contributed by atoms with Crippen LogP contribution < -0.4 is 4.90 Å². The second kappa shape index (κ2) is 5.96. The molecule has 0 saturated carbocycles. The van der Waals surface area contributed by atoms with Crippen LogP contribution in [0.25, 0.3) is 0 Å². The Morgan fingerprint density at radius 3 is 2.96 bits per heavy atom. The van der Waals surface area contributed by atoms with E-state index >= 15 is 0 Å². The van der Waals surface area contributed by atoms with Crippen LogP contribution in [-0.2, 0) is 19.5 Å². The summed E-state index contributed by atoms with van der Waals surface area (Å²) < 4.78 is 2.12. The first kappa shape index (κ1) is 15.2. The number of para-hydroxylation sites is 1. The summed E-state index contributed by atoms with van der Waals surface area (Å²) in [6.45, 7) is 4.54. The summed E-state index contributed by atoms with van der Waals surface area (Å²) in [5, 5.41) is 0. The first-order chi connectivity index (χ1) is 11.6. The van der Waals surface area contributed by atoms with Crippen molar-refractivity contribution in [2.45, 2.75) is 45.3 Å². The lowest BCUT2D eigenvalue weighted by molar-refractivity contribution is 0.0675. The Labute approximate surface area is 142 Å². The minimum atomic E-state index is 0.105. The van der Waals surface area contributed by atoms with Crippen molar-refractivity contribution in [2.75, 3.05) is 18.5 Å². The molecule has 2 aromatic rings. The van der Waals surface area contributed by atoms with Gasteiger partial charge in [-0.1, -0.05) is 18.2 Å². The number of carbonyl (C=O) groups excluding carboxylic acids is 1. The number of hydrogen-bond donors (Lipinski definition) is 0. The van der Waals surface area contributed by atoms with Gasteiger partial charge in [0, 0.05) is 44.8 Å². The van der Waals surface area contributed by atoms with Crippen LogP contribution in [0.15, 0.2) is 30.5 Å². The zero-order valence-corrected chi connectivity index (χ0v) is 14.4. The summed E-state index contributed by atoms with van der Waals surface area (Å²) in [7, 11) is 2.10. The minimum absolute atomic E-state index is 0.105. The number of likely N-dealkylation sites (N-methyl/N-ethyl adjacent to an activating group) is 1. The van der Waals surface area contributed by atoms with E-state index in [1.165, 1.54) is 17.7 Å². The van der Waals surface area contributed by atoms with Crippen LogP contribution in [0.3, 0.4) is 0 Å². The van der Waals surface area contributed by atoms with Crippen molar-refractivity contribution >= 4 is 11.6 Å². The van der Waals surface area contributed by atoms with Gasteiger partial charge in [0.25, 0.3) is 5.91 Å². The number of aryl methyl sites for hydroxylation is 1. The standard InChI is InChI=1S/C19H24N4O/c1-14-12-21(2)16-8-4-3-7-15(16)13-23(14)19(24)17-11-20-18-9-5-6-10-22(17)18/h3-4,7-8,11,14H,5-6,9-10,12-13H2,1-2H3/t14-/m1/s1. The highest BCUT2D eigenvalue weighted by molar-refractivity contribution is 5.93. The Hall–Kier alpha value is -2.30. The van der Waals surface area contributed by atoms with Gasteiger partial charge < -0.3 is 14.4 Å². The average Bonchev–Trinajstić information content (AvgIpc) is 2.98. The summed E-state index contributed by atoms with van der Waals surface area (Å²) in [5.74, 6) is 1.16. The molecule has 0 radical (unpaired) electrons. The van der Waals surface area contributed by atoms with E-state index in [0.717, 1.165) is 37.4 Å². The third-order valence-electron chi connectivity index (χ3n) is 5.26. The van der Waals surface area contributed by atoms with Gasteiger partial charge in [0.15, 0.2) is 0 Å². The molecule has 0 unspecified atom stereocenters. The van der Waals surface area contributed by atoms with Gasteiger partial charge >= 0.3 is 0 Å². The van der Waals surface area contributed by atoms with Crippen LogP contribution in [0.4, 0.5) is 5.69 Å². The van der Waals surface area contributed by atoms with Gasteiger partial charge in [-0.25, -0.2) is 4.98 Å². The predicted molar refractivity (Wildman–Crippen MR) is 94.2 cm³/mol. The molecule has 0 N–H and O–H groups in total. The van der Waals surface area contributed by atoms with E-state index in [-0.39, 0.29) is 11.9 Å². The molecule has 1 aromatic heterocycles. The Bertz CT molecular complexity index is 766. The Balaban J connectivity index is 1.68. The number of fused-ring (bicyclic) bond motifs is 2. The van der Waals surface area contributed by atoms with Crippen molar-refractivity contribution in [2.24, 2.45) is 0 Å².